The van der Waals surface area contributed by atoms with Crippen LogP contribution in [0.5, 0.6) is 0 Å². The Morgan fingerprint density at radius 1 is 1.20 bits per heavy atom. The molecule has 3 aromatic rings. The van der Waals surface area contributed by atoms with Crippen LogP contribution in [0.3, 0.4) is 0 Å². The van der Waals surface area contributed by atoms with Crippen LogP contribution in [0, 0.1) is 0 Å². The van der Waals surface area contributed by atoms with Gasteiger partial charge in [0.15, 0.2) is 5.65 Å². The number of fused-ring (bicyclic) bond motifs is 1. The van der Waals surface area contributed by atoms with Crippen LogP contribution in [-0.2, 0) is 13.6 Å². The van der Waals surface area contributed by atoms with Crippen molar-refractivity contribution in [2.75, 3.05) is 5.32 Å². The number of aromatic nitrogens is 4. The number of nitrogens with one attached hydrogen (secondary N) is 1. The van der Waals surface area contributed by atoms with E-state index in [4.69, 9.17) is 23.2 Å². The van der Waals surface area contributed by atoms with Crippen molar-refractivity contribution in [3.05, 3.63) is 46.3 Å². The summed E-state index contributed by atoms with van der Waals surface area (Å²) in [6.45, 7) is 0.595. The molecule has 0 unspecified atom stereocenters. The molecule has 0 fully saturated rings. The van der Waals surface area contributed by atoms with Gasteiger partial charge in [-0.15, -0.1) is 0 Å². The molecule has 102 valence electrons. The van der Waals surface area contributed by atoms with Gasteiger partial charge < -0.3 is 5.32 Å². The number of hydrogen-bond acceptors (Lipinski definition) is 4. The normalized spacial score (nSPS) is 10.9. The Morgan fingerprint density at radius 3 is 2.85 bits per heavy atom. The molecule has 0 radical (unpaired) electrons. The summed E-state index contributed by atoms with van der Waals surface area (Å²) >= 11 is 11.9. The smallest absolute Gasteiger partial charge is 0.163 e. The van der Waals surface area contributed by atoms with Gasteiger partial charge in [-0.1, -0.05) is 29.3 Å². The lowest BCUT2D eigenvalue weighted by Gasteiger charge is -2.07. The van der Waals surface area contributed by atoms with Crippen LogP contribution >= 0.6 is 23.2 Å². The van der Waals surface area contributed by atoms with Crippen molar-refractivity contribution >= 4 is 40.1 Å². The molecule has 0 aliphatic carbocycles. The van der Waals surface area contributed by atoms with E-state index in [0.717, 1.165) is 22.4 Å². The number of nitrogens with zero attached hydrogens (tertiary/aromatic N) is 4. The highest BCUT2D eigenvalue weighted by Crippen LogP contribution is 2.23. The van der Waals surface area contributed by atoms with Gasteiger partial charge in [-0.3, -0.25) is 4.68 Å². The van der Waals surface area contributed by atoms with Gasteiger partial charge in [0.05, 0.1) is 21.6 Å². The molecule has 3 rings (SSSR count). The molecule has 2 aromatic heterocycles. The number of rotatable bonds is 3. The summed E-state index contributed by atoms with van der Waals surface area (Å²) in [5.74, 6) is 0.745. The van der Waals surface area contributed by atoms with Gasteiger partial charge in [0.25, 0.3) is 0 Å². The summed E-state index contributed by atoms with van der Waals surface area (Å²) in [4.78, 5) is 8.43. The molecule has 0 spiro atoms. The van der Waals surface area contributed by atoms with Crippen molar-refractivity contribution in [3.8, 4) is 0 Å². The molecule has 7 heteroatoms. The van der Waals surface area contributed by atoms with E-state index in [1.165, 1.54) is 6.33 Å². The third-order valence-electron chi connectivity index (χ3n) is 2.97. The second kappa shape index (κ2) is 5.26. The third kappa shape index (κ3) is 2.42. The van der Waals surface area contributed by atoms with Crippen LogP contribution < -0.4 is 5.32 Å². The van der Waals surface area contributed by atoms with E-state index in [-0.39, 0.29) is 0 Å². The van der Waals surface area contributed by atoms with Crippen molar-refractivity contribution in [2.45, 2.75) is 6.54 Å². The quantitative estimate of drug-likeness (QED) is 0.807. The first-order valence-electron chi connectivity index (χ1n) is 5.95. The minimum absolute atomic E-state index is 0.542. The number of anilines is 1. The fourth-order valence-corrected chi connectivity index (χ4v) is 2.26. The molecular weight excluding hydrogens is 297 g/mol. The first kappa shape index (κ1) is 13.1. The van der Waals surface area contributed by atoms with E-state index in [1.807, 2.05) is 19.2 Å². The maximum atomic E-state index is 6.00. The van der Waals surface area contributed by atoms with Crippen LogP contribution in [0.25, 0.3) is 11.0 Å². The lowest BCUT2D eigenvalue weighted by molar-refractivity contribution is 0.785. The predicted molar refractivity (Wildman–Crippen MR) is 80.1 cm³/mol. The van der Waals surface area contributed by atoms with E-state index in [1.54, 1.807) is 16.9 Å². The predicted octanol–water partition coefficient (Wildman–Crippen LogP) is 3.28. The molecule has 0 aliphatic rings. The van der Waals surface area contributed by atoms with Crippen molar-refractivity contribution in [1.82, 2.24) is 19.7 Å². The van der Waals surface area contributed by atoms with Crippen molar-refractivity contribution < 1.29 is 0 Å². The van der Waals surface area contributed by atoms with Crippen molar-refractivity contribution in [3.63, 3.8) is 0 Å². The Balaban J connectivity index is 1.85. The first-order chi connectivity index (χ1) is 9.65. The zero-order chi connectivity index (χ0) is 14.1. The highest BCUT2D eigenvalue weighted by atomic mass is 35.5. The second-order valence-electron chi connectivity index (χ2n) is 4.33. The van der Waals surface area contributed by atoms with Crippen molar-refractivity contribution in [2.24, 2.45) is 7.05 Å². The summed E-state index contributed by atoms with van der Waals surface area (Å²) in [6, 6.07) is 5.53. The summed E-state index contributed by atoms with van der Waals surface area (Å²) < 4.78 is 1.71. The highest BCUT2D eigenvalue weighted by Gasteiger charge is 2.07. The summed E-state index contributed by atoms with van der Waals surface area (Å²) in [7, 11) is 1.85. The number of hydrogen-bond donors (Lipinski definition) is 1. The van der Waals surface area contributed by atoms with E-state index in [0.29, 0.717) is 16.6 Å². The Hall–Kier alpha value is -1.85. The highest BCUT2D eigenvalue weighted by molar-refractivity contribution is 6.42. The van der Waals surface area contributed by atoms with Crippen LogP contribution in [0.15, 0.2) is 30.7 Å². The number of benzene rings is 1. The standard InChI is InChI=1S/C13H11Cl2N5/c1-20-13-9(6-19-20)12(17-7-18-13)16-5-8-2-3-10(14)11(15)4-8/h2-4,6-7H,5H2,1H3,(H,16,17,18). The Kier molecular flexibility index (Phi) is 3.46. The van der Waals surface area contributed by atoms with E-state index in [9.17, 15) is 0 Å². The minimum atomic E-state index is 0.542. The zero-order valence-corrected chi connectivity index (χ0v) is 12.2. The lowest BCUT2D eigenvalue weighted by Crippen LogP contribution is -2.02. The van der Waals surface area contributed by atoms with Gasteiger partial charge in [-0.2, -0.15) is 5.10 Å². The Morgan fingerprint density at radius 2 is 2.05 bits per heavy atom. The SMILES string of the molecule is Cn1ncc2c(NCc3ccc(Cl)c(Cl)c3)ncnc21. The van der Waals surface area contributed by atoms with Gasteiger partial charge >= 0.3 is 0 Å². The molecule has 0 atom stereocenters. The Bertz CT molecular complexity index is 769. The van der Waals surface area contributed by atoms with Gasteiger partial charge in [0.1, 0.15) is 12.1 Å². The van der Waals surface area contributed by atoms with Crippen LogP contribution in [0.1, 0.15) is 5.56 Å². The zero-order valence-electron chi connectivity index (χ0n) is 10.6. The van der Waals surface area contributed by atoms with Crippen LogP contribution in [0.4, 0.5) is 5.82 Å². The monoisotopic (exact) mass is 307 g/mol. The topological polar surface area (TPSA) is 55.6 Å². The molecule has 5 nitrogen and oxygen atoms in total. The van der Waals surface area contributed by atoms with Gasteiger partial charge in [0, 0.05) is 13.6 Å². The second-order valence-corrected chi connectivity index (χ2v) is 5.14. The summed E-state index contributed by atoms with van der Waals surface area (Å²) in [5, 5.41) is 9.40. The molecule has 0 saturated heterocycles. The third-order valence-corrected chi connectivity index (χ3v) is 3.71. The molecule has 0 aliphatic heterocycles. The number of aryl methyl sites for hydroxylation is 1. The first-order valence-corrected chi connectivity index (χ1v) is 6.71. The molecule has 1 N–H and O–H groups in total. The fraction of sp³-hybridized carbons (Fsp3) is 0.154. The maximum absolute atomic E-state index is 6.00. The average Bonchev–Trinajstić information content (AvgIpc) is 2.83. The largest absolute Gasteiger partial charge is 0.365 e. The minimum Gasteiger partial charge on any atom is -0.365 e. The maximum Gasteiger partial charge on any atom is 0.163 e. The Labute approximate surface area is 125 Å². The molecule has 0 bridgehead atoms. The summed E-state index contributed by atoms with van der Waals surface area (Å²) in [5.41, 5.74) is 1.81. The molecule has 0 amide bonds. The van der Waals surface area contributed by atoms with E-state index >= 15 is 0 Å². The fourth-order valence-electron chi connectivity index (χ4n) is 1.94. The number of halogens is 2. The lowest BCUT2D eigenvalue weighted by atomic mass is 10.2. The van der Waals surface area contributed by atoms with Gasteiger partial charge in [0.2, 0.25) is 0 Å². The van der Waals surface area contributed by atoms with Crippen molar-refractivity contribution in [1.29, 1.82) is 0 Å². The molecule has 0 saturated carbocycles. The molecular formula is C13H11Cl2N5. The molecule has 20 heavy (non-hydrogen) atoms. The average molecular weight is 308 g/mol. The van der Waals surface area contributed by atoms with E-state index < -0.39 is 0 Å². The van der Waals surface area contributed by atoms with E-state index in [2.05, 4.69) is 20.4 Å². The van der Waals surface area contributed by atoms with Gasteiger partial charge in [-0.05, 0) is 17.7 Å². The molecule has 2 heterocycles. The van der Waals surface area contributed by atoms with Crippen LogP contribution in [0.2, 0.25) is 10.0 Å². The van der Waals surface area contributed by atoms with Crippen LogP contribution in [-0.4, -0.2) is 19.7 Å². The molecule has 1 aromatic carbocycles. The van der Waals surface area contributed by atoms with Gasteiger partial charge in [-0.25, -0.2) is 9.97 Å². The summed E-state index contributed by atoms with van der Waals surface area (Å²) in [6.07, 6.45) is 3.26.